The molecule has 0 saturated carbocycles. The predicted octanol–water partition coefficient (Wildman–Crippen LogP) is 4.69. The molecule has 148 valence electrons. The maximum atomic E-state index is 12.9. The molecule has 1 amide bonds. The van der Waals surface area contributed by atoms with Gasteiger partial charge in [0.1, 0.15) is 10.7 Å². The number of aromatic nitrogens is 3. The predicted molar refractivity (Wildman–Crippen MR) is 102 cm³/mol. The lowest BCUT2D eigenvalue weighted by Gasteiger charge is -2.07. The summed E-state index contributed by atoms with van der Waals surface area (Å²) in [6.07, 6.45) is -1.07. The highest BCUT2D eigenvalue weighted by Crippen LogP contribution is 2.32. The molecule has 0 bridgehead atoms. The van der Waals surface area contributed by atoms with Crippen LogP contribution in [0.5, 0.6) is 0 Å². The Balaban J connectivity index is 1.83. The summed E-state index contributed by atoms with van der Waals surface area (Å²) in [6.45, 7) is 2.00. The fourth-order valence-corrected chi connectivity index (χ4v) is 3.82. The standard InChI is InChI=1S/C19H19F3N4OS/c1-3-5-14-18(25-17(27)15-8-9-23-26(15)2)28-16(24-14)11-12-6-4-7-13(10-12)19(20,21)22/h4,6-10H,3,5,11H2,1-2H3,(H,25,27). The van der Waals surface area contributed by atoms with Gasteiger partial charge in [0.15, 0.2) is 0 Å². The summed E-state index contributed by atoms with van der Waals surface area (Å²) in [5.74, 6) is -0.299. The molecule has 0 aliphatic heterocycles. The highest BCUT2D eigenvalue weighted by atomic mass is 32.1. The number of rotatable bonds is 6. The van der Waals surface area contributed by atoms with Gasteiger partial charge in [-0.1, -0.05) is 31.5 Å². The second-order valence-corrected chi connectivity index (χ2v) is 7.39. The van der Waals surface area contributed by atoms with Crippen molar-refractivity contribution in [1.82, 2.24) is 14.8 Å². The minimum atomic E-state index is -4.38. The number of anilines is 1. The van der Waals surface area contributed by atoms with Crippen LogP contribution >= 0.6 is 11.3 Å². The summed E-state index contributed by atoms with van der Waals surface area (Å²) >= 11 is 1.29. The van der Waals surface area contributed by atoms with E-state index in [2.05, 4.69) is 15.4 Å². The lowest BCUT2D eigenvalue weighted by atomic mass is 10.1. The molecule has 0 aliphatic carbocycles. The highest BCUT2D eigenvalue weighted by molar-refractivity contribution is 7.16. The third kappa shape index (κ3) is 4.59. The maximum absolute atomic E-state index is 12.9. The summed E-state index contributed by atoms with van der Waals surface area (Å²) in [5.41, 5.74) is 0.997. The number of halogens is 3. The van der Waals surface area contributed by atoms with Crippen LogP contribution in [0.3, 0.4) is 0 Å². The number of thiazole rings is 1. The van der Waals surface area contributed by atoms with Gasteiger partial charge in [0.2, 0.25) is 0 Å². The van der Waals surface area contributed by atoms with Crippen LogP contribution in [-0.2, 0) is 26.1 Å². The van der Waals surface area contributed by atoms with E-state index >= 15 is 0 Å². The number of nitrogens with one attached hydrogen (secondary N) is 1. The lowest BCUT2D eigenvalue weighted by molar-refractivity contribution is -0.137. The number of carbonyl (C=O) groups excluding carboxylic acids is 1. The summed E-state index contributed by atoms with van der Waals surface area (Å²) < 4.78 is 40.2. The molecule has 0 radical (unpaired) electrons. The first-order valence-corrected chi connectivity index (χ1v) is 9.53. The highest BCUT2D eigenvalue weighted by Gasteiger charge is 2.30. The number of hydrogen-bond acceptors (Lipinski definition) is 4. The van der Waals surface area contributed by atoms with Crippen molar-refractivity contribution in [3.05, 3.63) is 64.1 Å². The molecule has 0 fully saturated rings. The largest absolute Gasteiger partial charge is 0.416 e. The van der Waals surface area contributed by atoms with Gasteiger partial charge in [-0.25, -0.2) is 4.98 Å². The van der Waals surface area contributed by atoms with E-state index in [-0.39, 0.29) is 12.3 Å². The Morgan fingerprint density at radius 3 is 2.71 bits per heavy atom. The number of nitrogens with zero attached hydrogens (tertiary/aromatic N) is 3. The van der Waals surface area contributed by atoms with Crippen molar-refractivity contribution in [2.24, 2.45) is 7.05 Å². The molecule has 0 spiro atoms. The summed E-state index contributed by atoms with van der Waals surface area (Å²) in [4.78, 5) is 17.0. The Bertz CT molecular complexity index is 978. The van der Waals surface area contributed by atoms with Crippen LogP contribution in [0.2, 0.25) is 0 Å². The zero-order valence-electron chi connectivity index (χ0n) is 15.4. The molecular weight excluding hydrogens is 389 g/mol. The molecule has 28 heavy (non-hydrogen) atoms. The monoisotopic (exact) mass is 408 g/mol. The molecule has 9 heteroatoms. The molecule has 0 atom stereocenters. The van der Waals surface area contributed by atoms with Crippen LogP contribution in [0.1, 0.15) is 45.7 Å². The minimum absolute atomic E-state index is 0.271. The van der Waals surface area contributed by atoms with Gasteiger partial charge in [0.25, 0.3) is 5.91 Å². The first-order chi connectivity index (χ1) is 13.3. The van der Waals surface area contributed by atoms with Crippen LogP contribution in [0, 0.1) is 0 Å². The smallest absolute Gasteiger partial charge is 0.311 e. The number of hydrogen-bond donors (Lipinski definition) is 1. The number of benzene rings is 1. The Morgan fingerprint density at radius 2 is 2.07 bits per heavy atom. The molecule has 2 heterocycles. The Labute approximate surface area is 164 Å². The van der Waals surface area contributed by atoms with Crippen molar-refractivity contribution in [2.75, 3.05) is 5.32 Å². The molecule has 0 aliphatic rings. The summed E-state index contributed by atoms with van der Waals surface area (Å²) in [7, 11) is 1.67. The molecule has 2 aromatic heterocycles. The zero-order chi connectivity index (χ0) is 20.3. The normalized spacial score (nSPS) is 11.6. The van der Waals surface area contributed by atoms with E-state index < -0.39 is 11.7 Å². The zero-order valence-corrected chi connectivity index (χ0v) is 16.2. The minimum Gasteiger partial charge on any atom is -0.311 e. The van der Waals surface area contributed by atoms with Crippen LogP contribution in [0.15, 0.2) is 36.5 Å². The first-order valence-electron chi connectivity index (χ1n) is 8.72. The van der Waals surface area contributed by atoms with Gasteiger partial charge in [-0.3, -0.25) is 9.48 Å². The van der Waals surface area contributed by atoms with E-state index in [0.29, 0.717) is 27.7 Å². The molecule has 0 saturated heterocycles. The summed E-state index contributed by atoms with van der Waals surface area (Å²) in [6, 6.07) is 6.83. The Morgan fingerprint density at radius 1 is 1.29 bits per heavy atom. The fraction of sp³-hybridized carbons (Fsp3) is 0.316. The molecule has 1 N–H and O–H groups in total. The average Bonchev–Trinajstić information content (AvgIpc) is 3.21. The van der Waals surface area contributed by atoms with E-state index in [1.165, 1.54) is 28.3 Å². The topological polar surface area (TPSA) is 59.8 Å². The van der Waals surface area contributed by atoms with E-state index in [9.17, 15) is 18.0 Å². The van der Waals surface area contributed by atoms with Gasteiger partial charge in [0.05, 0.1) is 16.3 Å². The SMILES string of the molecule is CCCc1nc(Cc2cccc(C(F)(F)F)c2)sc1NC(=O)c1ccnn1C. The van der Waals surface area contributed by atoms with Crippen LogP contribution < -0.4 is 5.32 Å². The number of alkyl halides is 3. The lowest BCUT2D eigenvalue weighted by Crippen LogP contribution is -2.16. The van der Waals surface area contributed by atoms with Gasteiger partial charge >= 0.3 is 6.18 Å². The molecule has 3 aromatic rings. The third-order valence-corrected chi connectivity index (χ3v) is 5.13. The first kappa shape index (κ1) is 20.1. The van der Waals surface area contributed by atoms with Crippen LogP contribution in [0.25, 0.3) is 0 Å². The Kier molecular flexibility index (Phi) is 5.83. The van der Waals surface area contributed by atoms with Gasteiger partial charge in [-0.05, 0) is 24.1 Å². The number of amides is 1. The van der Waals surface area contributed by atoms with Crippen molar-refractivity contribution in [2.45, 2.75) is 32.4 Å². The van der Waals surface area contributed by atoms with Gasteiger partial charge < -0.3 is 5.32 Å². The molecule has 0 unspecified atom stereocenters. The van der Waals surface area contributed by atoms with E-state index in [4.69, 9.17) is 0 Å². The van der Waals surface area contributed by atoms with Gasteiger partial charge in [0, 0.05) is 19.7 Å². The van der Waals surface area contributed by atoms with Crippen molar-refractivity contribution >= 4 is 22.2 Å². The van der Waals surface area contributed by atoms with Crippen molar-refractivity contribution in [3.63, 3.8) is 0 Å². The van der Waals surface area contributed by atoms with E-state index in [0.717, 1.165) is 24.2 Å². The maximum Gasteiger partial charge on any atom is 0.416 e. The molecular formula is C19H19F3N4OS. The third-order valence-electron chi connectivity index (χ3n) is 4.12. The van der Waals surface area contributed by atoms with Crippen LogP contribution in [-0.4, -0.2) is 20.7 Å². The fourth-order valence-electron chi connectivity index (χ4n) is 2.78. The molecule has 3 rings (SSSR count). The second-order valence-electron chi connectivity index (χ2n) is 6.30. The second kappa shape index (κ2) is 8.14. The van der Waals surface area contributed by atoms with Gasteiger partial charge in [-0.15, -0.1) is 11.3 Å². The van der Waals surface area contributed by atoms with Crippen molar-refractivity contribution in [1.29, 1.82) is 0 Å². The quantitative estimate of drug-likeness (QED) is 0.644. The van der Waals surface area contributed by atoms with Crippen molar-refractivity contribution in [3.8, 4) is 0 Å². The van der Waals surface area contributed by atoms with E-state index in [1.54, 1.807) is 19.2 Å². The Hall–Kier alpha value is -2.68. The van der Waals surface area contributed by atoms with Crippen LogP contribution in [0.4, 0.5) is 18.2 Å². The molecule has 1 aromatic carbocycles. The summed E-state index contributed by atoms with van der Waals surface area (Å²) in [5, 5.41) is 8.11. The average molecular weight is 408 g/mol. The van der Waals surface area contributed by atoms with E-state index in [1.807, 2.05) is 6.92 Å². The number of carbonyl (C=O) groups is 1. The van der Waals surface area contributed by atoms with Crippen molar-refractivity contribution < 1.29 is 18.0 Å². The van der Waals surface area contributed by atoms with Gasteiger partial charge in [-0.2, -0.15) is 18.3 Å². The molecule has 5 nitrogen and oxygen atoms in total. The number of aryl methyl sites for hydroxylation is 2.